The number of rotatable bonds is 4. The zero-order chi connectivity index (χ0) is 11.5. The minimum Gasteiger partial charge on any atom is -0.468 e. The van der Waals surface area contributed by atoms with E-state index in [1.165, 1.54) is 0 Å². The monoisotopic (exact) mass is 220 g/mol. The van der Waals surface area contributed by atoms with E-state index in [4.69, 9.17) is 8.94 Å². The van der Waals surface area contributed by atoms with E-state index < -0.39 is 0 Å². The zero-order valence-electron chi connectivity index (χ0n) is 9.78. The molecule has 4 heteroatoms. The largest absolute Gasteiger partial charge is 0.468 e. The van der Waals surface area contributed by atoms with Crippen LogP contribution in [0.1, 0.15) is 35.7 Å². The van der Waals surface area contributed by atoms with Crippen LogP contribution in [0.4, 0.5) is 0 Å². The van der Waals surface area contributed by atoms with Gasteiger partial charge in [-0.2, -0.15) is 0 Å². The molecule has 0 aliphatic carbocycles. The maximum absolute atomic E-state index is 5.32. The average Bonchev–Trinajstić information content (AvgIpc) is 2.87. The molecule has 2 aromatic heterocycles. The third-order valence-electron chi connectivity index (χ3n) is 2.74. The number of aromatic nitrogens is 1. The summed E-state index contributed by atoms with van der Waals surface area (Å²) in [6.07, 6.45) is 1.68. The van der Waals surface area contributed by atoms with Crippen LogP contribution >= 0.6 is 0 Å². The van der Waals surface area contributed by atoms with E-state index in [9.17, 15) is 0 Å². The van der Waals surface area contributed by atoms with Gasteiger partial charge in [0.15, 0.2) is 0 Å². The van der Waals surface area contributed by atoms with Gasteiger partial charge >= 0.3 is 0 Å². The van der Waals surface area contributed by atoms with Crippen molar-refractivity contribution in [3.05, 3.63) is 41.2 Å². The molecule has 2 heterocycles. The summed E-state index contributed by atoms with van der Waals surface area (Å²) in [5.74, 6) is 1.81. The molecule has 0 spiro atoms. The molecule has 0 saturated carbocycles. The number of aryl methyl sites for hydroxylation is 2. The third kappa shape index (κ3) is 2.17. The Labute approximate surface area is 94.6 Å². The van der Waals surface area contributed by atoms with Gasteiger partial charge < -0.3 is 14.3 Å². The molecule has 0 aliphatic rings. The van der Waals surface area contributed by atoms with Crippen molar-refractivity contribution in [1.29, 1.82) is 0 Å². The summed E-state index contributed by atoms with van der Waals surface area (Å²) in [6, 6.07) is 4.04. The second-order valence-corrected chi connectivity index (χ2v) is 3.92. The molecule has 1 N–H and O–H groups in total. The van der Waals surface area contributed by atoms with Crippen molar-refractivity contribution in [2.24, 2.45) is 0 Å². The van der Waals surface area contributed by atoms with Gasteiger partial charge in [-0.05, 0) is 32.9 Å². The van der Waals surface area contributed by atoms with Crippen LogP contribution in [-0.2, 0) is 6.54 Å². The predicted octanol–water partition coefficient (Wildman–Crippen LogP) is 2.74. The zero-order valence-corrected chi connectivity index (χ0v) is 9.78. The van der Waals surface area contributed by atoms with Gasteiger partial charge in [-0.1, -0.05) is 5.16 Å². The molecule has 0 amide bonds. The Morgan fingerprint density at radius 1 is 1.44 bits per heavy atom. The number of hydrogen-bond acceptors (Lipinski definition) is 4. The SMILES string of the molecule is Cc1noc(C)c1CN[C@@H](C)c1ccco1. The minimum atomic E-state index is 0.184. The Kier molecular flexibility index (Phi) is 3.10. The Morgan fingerprint density at radius 3 is 2.81 bits per heavy atom. The molecule has 1 atom stereocenters. The highest BCUT2D eigenvalue weighted by molar-refractivity contribution is 5.20. The van der Waals surface area contributed by atoms with Crippen LogP contribution in [0.15, 0.2) is 27.3 Å². The van der Waals surface area contributed by atoms with Gasteiger partial charge in [-0.15, -0.1) is 0 Å². The van der Waals surface area contributed by atoms with E-state index in [1.54, 1.807) is 6.26 Å². The highest BCUT2D eigenvalue weighted by atomic mass is 16.5. The second kappa shape index (κ2) is 4.53. The highest BCUT2D eigenvalue weighted by Crippen LogP contribution is 2.16. The molecule has 16 heavy (non-hydrogen) atoms. The van der Waals surface area contributed by atoms with Crippen LogP contribution < -0.4 is 5.32 Å². The molecule has 0 unspecified atom stereocenters. The van der Waals surface area contributed by atoms with E-state index in [-0.39, 0.29) is 6.04 Å². The minimum absolute atomic E-state index is 0.184. The van der Waals surface area contributed by atoms with Crippen LogP contribution in [0.3, 0.4) is 0 Å². The normalized spacial score (nSPS) is 12.9. The molecule has 0 radical (unpaired) electrons. The molecular weight excluding hydrogens is 204 g/mol. The molecular formula is C12H16N2O2. The van der Waals surface area contributed by atoms with Gasteiger partial charge in [0.1, 0.15) is 11.5 Å². The first-order chi connectivity index (χ1) is 7.68. The fourth-order valence-corrected chi connectivity index (χ4v) is 1.65. The highest BCUT2D eigenvalue weighted by Gasteiger charge is 2.12. The van der Waals surface area contributed by atoms with E-state index in [2.05, 4.69) is 17.4 Å². The average molecular weight is 220 g/mol. The summed E-state index contributed by atoms with van der Waals surface area (Å²) >= 11 is 0. The molecule has 0 aliphatic heterocycles. The molecule has 0 fully saturated rings. The van der Waals surface area contributed by atoms with Crippen LogP contribution in [0.2, 0.25) is 0 Å². The smallest absolute Gasteiger partial charge is 0.138 e. The van der Waals surface area contributed by atoms with Crippen molar-refractivity contribution in [1.82, 2.24) is 10.5 Å². The van der Waals surface area contributed by atoms with Gasteiger partial charge in [0.25, 0.3) is 0 Å². The molecule has 2 rings (SSSR count). The van der Waals surface area contributed by atoms with Crippen molar-refractivity contribution in [2.75, 3.05) is 0 Å². The second-order valence-electron chi connectivity index (χ2n) is 3.92. The van der Waals surface area contributed by atoms with Gasteiger partial charge in [0, 0.05) is 12.1 Å². The summed E-state index contributed by atoms with van der Waals surface area (Å²) in [5, 5.41) is 7.29. The Hall–Kier alpha value is -1.55. The summed E-state index contributed by atoms with van der Waals surface area (Å²) in [4.78, 5) is 0. The van der Waals surface area contributed by atoms with E-state index in [1.807, 2.05) is 26.0 Å². The first-order valence-electron chi connectivity index (χ1n) is 5.37. The van der Waals surface area contributed by atoms with Crippen LogP contribution in [0.5, 0.6) is 0 Å². The summed E-state index contributed by atoms with van der Waals surface area (Å²) in [6.45, 7) is 6.68. The Bertz CT molecular complexity index is 426. The van der Waals surface area contributed by atoms with Crippen molar-refractivity contribution >= 4 is 0 Å². The number of nitrogens with one attached hydrogen (secondary N) is 1. The first kappa shape index (κ1) is 11.0. The third-order valence-corrected chi connectivity index (χ3v) is 2.74. The maximum Gasteiger partial charge on any atom is 0.138 e. The lowest BCUT2D eigenvalue weighted by molar-refractivity contribution is 0.390. The van der Waals surface area contributed by atoms with Crippen molar-refractivity contribution in [3.8, 4) is 0 Å². The molecule has 0 aromatic carbocycles. The lowest BCUT2D eigenvalue weighted by Gasteiger charge is -2.10. The van der Waals surface area contributed by atoms with Gasteiger partial charge in [0.05, 0.1) is 18.0 Å². The summed E-state index contributed by atoms with van der Waals surface area (Å²) in [5.41, 5.74) is 2.06. The number of furan rings is 1. The fourth-order valence-electron chi connectivity index (χ4n) is 1.65. The quantitative estimate of drug-likeness (QED) is 0.860. The molecule has 86 valence electrons. The van der Waals surface area contributed by atoms with Crippen molar-refractivity contribution in [3.63, 3.8) is 0 Å². The molecule has 4 nitrogen and oxygen atoms in total. The summed E-state index contributed by atoms with van der Waals surface area (Å²) < 4.78 is 10.4. The van der Waals surface area contributed by atoms with Crippen LogP contribution in [-0.4, -0.2) is 5.16 Å². The van der Waals surface area contributed by atoms with Crippen LogP contribution in [0.25, 0.3) is 0 Å². The molecule has 2 aromatic rings. The van der Waals surface area contributed by atoms with Crippen LogP contribution in [0, 0.1) is 13.8 Å². The molecule has 0 saturated heterocycles. The number of nitrogens with zero attached hydrogens (tertiary/aromatic N) is 1. The van der Waals surface area contributed by atoms with E-state index in [0.29, 0.717) is 0 Å². The van der Waals surface area contributed by atoms with Gasteiger partial charge in [-0.25, -0.2) is 0 Å². The lowest BCUT2D eigenvalue weighted by atomic mass is 10.2. The maximum atomic E-state index is 5.32. The lowest BCUT2D eigenvalue weighted by Crippen LogP contribution is -2.18. The Morgan fingerprint density at radius 2 is 2.25 bits per heavy atom. The van der Waals surface area contributed by atoms with E-state index in [0.717, 1.165) is 29.3 Å². The Balaban J connectivity index is 1.98. The van der Waals surface area contributed by atoms with Crippen molar-refractivity contribution < 1.29 is 8.94 Å². The fraction of sp³-hybridized carbons (Fsp3) is 0.417. The van der Waals surface area contributed by atoms with Gasteiger partial charge in [0.2, 0.25) is 0 Å². The van der Waals surface area contributed by atoms with Gasteiger partial charge in [-0.3, -0.25) is 0 Å². The summed E-state index contributed by atoms with van der Waals surface area (Å²) in [7, 11) is 0. The standard InChI is InChI=1S/C12H16N2O2/c1-8-11(10(3)16-14-8)7-13-9(2)12-5-4-6-15-12/h4-6,9,13H,7H2,1-3H3/t9-/m0/s1. The predicted molar refractivity (Wildman–Crippen MR) is 59.9 cm³/mol. The topological polar surface area (TPSA) is 51.2 Å². The van der Waals surface area contributed by atoms with E-state index >= 15 is 0 Å². The first-order valence-corrected chi connectivity index (χ1v) is 5.37. The molecule has 0 bridgehead atoms. The van der Waals surface area contributed by atoms with Crippen molar-refractivity contribution in [2.45, 2.75) is 33.4 Å². The number of hydrogen-bond donors (Lipinski definition) is 1.